The molecule has 1 saturated carbocycles. The van der Waals surface area contributed by atoms with Gasteiger partial charge in [0.05, 0.1) is 13.2 Å². The Hall–Kier alpha value is -0.570. The van der Waals surface area contributed by atoms with Crippen molar-refractivity contribution in [2.75, 3.05) is 19.8 Å². The fourth-order valence-corrected chi connectivity index (χ4v) is 2.81. The van der Waals surface area contributed by atoms with Gasteiger partial charge in [0.25, 0.3) is 0 Å². The van der Waals surface area contributed by atoms with Gasteiger partial charge in [-0.25, -0.2) is 0 Å². The van der Waals surface area contributed by atoms with Crippen LogP contribution in [0.5, 0.6) is 0 Å². The maximum atomic E-state index is 12.1. The summed E-state index contributed by atoms with van der Waals surface area (Å²) in [4.78, 5) is 12.1. The molecule has 0 atom stereocenters. The molecular formula is C13H23NO2. The van der Waals surface area contributed by atoms with Crippen molar-refractivity contribution >= 4 is 5.91 Å². The highest BCUT2D eigenvalue weighted by atomic mass is 16.5. The monoisotopic (exact) mass is 225 g/mol. The summed E-state index contributed by atoms with van der Waals surface area (Å²) in [6.45, 7) is 13.1. The lowest BCUT2D eigenvalue weighted by molar-refractivity contribution is -0.128. The standard InChI is InChI=1S/C13H23NO2/c1-11(2)9(12(11,3)4)10(15)14-6-13(5)7-16-8-13/h9H,6-8H2,1-5H3,(H,14,15). The third kappa shape index (κ3) is 1.56. The lowest BCUT2D eigenvalue weighted by atomic mass is 9.88. The van der Waals surface area contributed by atoms with E-state index in [1.165, 1.54) is 0 Å². The van der Waals surface area contributed by atoms with Crippen molar-refractivity contribution in [1.29, 1.82) is 0 Å². The van der Waals surface area contributed by atoms with E-state index in [4.69, 9.17) is 4.74 Å². The summed E-state index contributed by atoms with van der Waals surface area (Å²) in [6, 6.07) is 0. The summed E-state index contributed by atoms with van der Waals surface area (Å²) in [5.41, 5.74) is 0.432. The van der Waals surface area contributed by atoms with Crippen molar-refractivity contribution in [1.82, 2.24) is 5.32 Å². The van der Waals surface area contributed by atoms with Crippen LogP contribution in [0, 0.1) is 22.2 Å². The molecule has 0 aromatic carbocycles. The van der Waals surface area contributed by atoms with Gasteiger partial charge in [0.15, 0.2) is 0 Å². The van der Waals surface area contributed by atoms with Crippen LogP contribution in [0.25, 0.3) is 0 Å². The van der Waals surface area contributed by atoms with Crippen LogP contribution in [0.4, 0.5) is 0 Å². The number of hydrogen-bond donors (Lipinski definition) is 1. The second-order valence-corrected chi connectivity index (χ2v) is 6.90. The molecule has 1 N–H and O–H groups in total. The summed E-state index contributed by atoms with van der Waals surface area (Å²) in [7, 11) is 0. The van der Waals surface area contributed by atoms with Crippen LogP contribution in [0.15, 0.2) is 0 Å². The van der Waals surface area contributed by atoms with Crippen LogP contribution in [0.2, 0.25) is 0 Å². The van der Waals surface area contributed by atoms with Gasteiger partial charge in [-0.1, -0.05) is 34.6 Å². The summed E-state index contributed by atoms with van der Waals surface area (Å²) in [5.74, 6) is 0.368. The quantitative estimate of drug-likeness (QED) is 0.795. The van der Waals surface area contributed by atoms with Gasteiger partial charge >= 0.3 is 0 Å². The topological polar surface area (TPSA) is 38.3 Å². The van der Waals surface area contributed by atoms with Crippen molar-refractivity contribution < 1.29 is 9.53 Å². The van der Waals surface area contributed by atoms with E-state index in [0.717, 1.165) is 19.8 Å². The molecule has 0 radical (unpaired) electrons. The highest BCUT2D eigenvalue weighted by Crippen LogP contribution is 2.68. The predicted molar refractivity (Wildman–Crippen MR) is 63.0 cm³/mol. The smallest absolute Gasteiger partial charge is 0.224 e. The lowest BCUT2D eigenvalue weighted by Gasteiger charge is -2.38. The predicted octanol–water partition coefficient (Wildman–Crippen LogP) is 1.82. The number of rotatable bonds is 3. The zero-order valence-corrected chi connectivity index (χ0v) is 11.0. The largest absolute Gasteiger partial charge is 0.380 e. The van der Waals surface area contributed by atoms with E-state index in [-0.39, 0.29) is 28.1 Å². The summed E-state index contributed by atoms with van der Waals surface area (Å²) < 4.78 is 5.18. The molecule has 2 aliphatic rings. The third-order valence-corrected chi connectivity index (χ3v) is 4.87. The fourth-order valence-electron chi connectivity index (χ4n) is 2.81. The van der Waals surface area contributed by atoms with Gasteiger partial charge < -0.3 is 10.1 Å². The minimum atomic E-state index is 0.133. The van der Waals surface area contributed by atoms with Crippen LogP contribution >= 0.6 is 0 Å². The molecule has 3 nitrogen and oxygen atoms in total. The Morgan fingerprint density at radius 1 is 1.19 bits per heavy atom. The molecule has 1 amide bonds. The Bertz CT molecular complexity index is 302. The van der Waals surface area contributed by atoms with E-state index in [9.17, 15) is 4.79 Å². The van der Waals surface area contributed by atoms with Gasteiger partial charge in [0.1, 0.15) is 0 Å². The molecule has 0 bridgehead atoms. The van der Waals surface area contributed by atoms with Gasteiger partial charge in [-0.15, -0.1) is 0 Å². The molecule has 2 fully saturated rings. The molecule has 1 saturated heterocycles. The zero-order valence-electron chi connectivity index (χ0n) is 11.0. The van der Waals surface area contributed by atoms with Gasteiger partial charge in [-0.05, 0) is 10.8 Å². The first kappa shape index (κ1) is 11.9. The first-order valence-electron chi connectivity index (χ1n) is 6.06. The molecule has 1 heterocycles. The number of amides is 1. The normalized spacial score (nSPS) is 29.3. The van der Waals surface area contributed by atoms with Crippen molar-refractivity contribution in [3.8, 4) is 0 Å². The van der Waals surface area contributed by atoms with Crippen molar-refractivity contribution in [3.63, 3.8) is 0 Å². The van der Waals surface area contributed by atoms with E-state index in [1.807, 2.05) is 0 Å². The van der Waals surface area contributed by atoms with Gasteiger partial charge in [0, 0.05) is 17.9 Å². The van der Waals surface area contributed by atoms with Crippen LogP contribution < -0.4 is 5.32 Å². The Morgan fingerprint density at radius 2 is 1.69 bits per heavy atom. The van der Waals surface area contributed by atoms with Crippen molar-refractivity contribution in [3.05, 3.63) is 0 Å². The Labute approximate surface area is 97.9 Å². The number of ether oxygens (including phenoxy) is 1. The summed E-state index contributed by atoms with van der Waals surface area (Å²) in [5, 5.41) is 3.08. The summed E-state index contributed by atoms with van der Waals surface area (Å²) >= 11 is 0. The van der Waals surface area contributed by atoms with E-state index < -0.39 is 0 Å². The zero-order chi connectivity index (χ0) is 12.2. The third-order valence-electron chi connectivity index (χ3n) is 4.87. The molecule has 0 unspecified atom stereocenters. The molecule has 3 heteroatoms. The Morgan fingerprint density at radius 3 is 2.00 bits per heavy atom. The molecule has 1 aliphatic carbocycles. The lowest BCUT2D eigenvalue weighted by Crippen LogP contribution is -2.49. The number of carbonyl (C=O) groups excluding carboxylic acids is 1. The van der Waals surface area contributed by atoms with E-state index in [1.54, 1.807) is 0 Å². The molecule has 1 aliphatic heterocycles. The molecule has 16 heavy (non-hydrogen) atoms. The minimum absolute atomic E-state index is 0.133. The second kappa shape index (κ2) is 3.22. The van der Waals surface area contributed by atoms with Crippen LogP contribution in [0.3, 0.4) is 0 Å². The van der Waals surface area contributed by atoms with Gasteiger partial charge in [-0.3, -0.25) is 4.79 Å². The minimum Gasteiger partial charge on any atom is -0.380 e. The van der Waals surface area contributed by atoms with Crippen molar-refractivity contribution in [2.45, 2.75) is 34.6 Å². The number of carbonyl (C=O) groups is 1. The maximum Gasteiger partial charge on any atom is 0.224 e. The first-order valence-corrected chi connectivity index (χ1v) is 6.06. The SMILES string of the molecule is CC1(CNC(=O)C2C(C)(C)C2(C)C)COC1. The second-order valence-electron chi connectivity index (χ2n) is 6.90. The van der Waals surface area contributed by atoms with Crippen LogP contribution in [0.1, 0.15) is 34.6 Å². The average Bonchev–Trinajstić information content (AvgIpc) is 2.51. The molecular weight excluding hydrogens is 202 g/mol. The molecule has 0 spiro atoms. The van der Waals surface area contributed by atoms with E-state index >= 15 is 0 Å². The average molecular weight is 225 g/mol. The summed E-state index contributed by atoms with van der Waals surface area (Å²) in [6.07, 6.45) is 0. The fraction of sp³-hybridized carbons (Fsp3) is 0.923. The Kier molecular flexibility index (Phi) is 2.40. The molecule has 2 rings (SSSR count). The van der Waals surface area contributed by atoms with Crippen molar-refractivity contribution in [2.24, 2.45) is 22.2 Å². The Balaban J connectivity index is 1.86. The molecule has 92 valence electrons. The highest BCUT2D eigenvalue weighted by molar-refractivity contribution is 5.84. The van der Waals surface area contributed by atoms with Crippen LogP contribution in [-0.4, -0.2) is 25.7 Å². The van der Waals surface area contributed by atoms with Crippen LogP contribution in [-0.2, 0) is 9.53 Å². The number of hydrogen-bond acceptors (Lipinski definition) is 2. The van der Waals surface area contributed by atoms with Gasteiger partial charge in [-0.2, -0.15) is 0 Å². The van der Waals surface area contributed by atoms with Gasteiger partial charge in [0.2, 0.25) is 5.91 Å². The van der Waals surface area contributed by atoms with E-state index in [2.05, 4.69) is 39.9 Å². The first-order chi connectivity index (χ1) is 7.21. The number of nitrogens with one attached hydrogen (secondary N) is 1. The maximum absolute atomic E-state index is 12.1. The van der Waals surface area contributed by atoms with E-state index in [0.29, 0.717) is 0 Å². The molecule has 0 aromatic heterocycles. The highest BCUT2D eigenvalue weighted by Gasteiger charge is 2.68. The molecule has 0 aromatic rings.